The molecule has 0 heterocycles. The van der Waals surface area contributed by atoms with E-state index in [9.17, 15) is 9.59 Å². The summed E-state index contributed by atoms with van der Waals surface area (Å²) >= 11 is 0. The zero-order valence-corrected chi connectivity index (χ0v) is 15.2. The van der Waals surface area contributed by atoms with E-state index in [0.29, 0.717) is 13.2 Å². The Morgan fingerprint density at radius 3 is 2.33 bits per heavy atom. The van der Waals surface area contributed by atoms with Crippen LogP contribution in [0, 0.1) is 0 Å². The Kier molecular flexibility index (Phi) is 7.55. The van der Waals surface area contributed by atoms with E-state index < -0.39 is 11.7 Å². The van der Waals surface area contributed by atoms with Crippen molar-refractivity contribution < 1.29 is 19.1 Å². The monoisotopic (exact) mass is 336 g/mol. The van der Waals surface area contributed by atoms with E-state index in [1.54, 1.807) is 32.7 Å². The molecule has 0 aliphatic carbocycles. The van der Waals surface area contributed by atoms with Gasteiger partial charge in [0.1, 0.15) is 11.4 Å². The minimum absolute atomic E-state index is 0.0417. The molecule has 1 aromatic rings. The van der Waals surface area contributed by atoms with Crippen LogP contribution in [0.1, 0.15) is 39.7 Å². The minimum atomic E-state index is -0.543. The molecule has 1 rings (SSSR count). The highest BCUT2D eigenvalue weighted by Crippen LogP contribution is 2.13. The maximum atomic E-state index is 12.1. The van der Waals surface area contributed by atoms with Crippen LogP contribution >= 0.6 is 0 Å². The molecule has 6 heteroatoms. The lowest BCUT2D eigenvalue weighted by atomic mass is 10.2. The van der Waals surface area contributed by atoms with E-state index in [1.165, 1.54) is 0 Å². The number of hydrogen-bond acceptors (Lipinski definition) is 4. The van der Waals surface area contributed by atoms with Crippen LogP contribution in [0.3, 0.4) is 0 Å². The lowest BCUT2D eigenvalue weighted by Gasteiger charge is -2.20. The van der Waals surface area contributed by atoms with E-state index in [-0.39, 0.29) is 18.9 Å². The average molecular weight is 336 g/mol. The number of carbonyl (C=O) groups is 2. The van der Waals surface area contributed by atoms with Crippen molar-refractivity contribution in [2.45, 2.75) is 46.3 Å². The van der Waals surface area contributed by atoms with Crippen molar-refractivity contribution in [3.63, 3.8) is 0 Å². The first kappa shape index (κ1) is 19.8. The fourth-order valence-corrected chi connectivity index (χ4v) is 2.00. The summed E-state index contributed by atoms with van der Waals surface area (Å²) in [7, 11) is 1.74. The van der Waals surface area contributed by atoms with Gasteiger partial charge in [0, 0.05) is 26.6 Å². The molecule has 0 saturated heterocycles. The van der Waals surface area contributed by atoms with Gasteiger partial charge >= 0.3 is 6.09 Å². The molecule has 0 atom stereocenters. The van der Waals surface area contributed by atoms with Crippen molar-refractivity contribution in [3.8, 4) is 5.75 Å². The largest absolute Gasteiger partial charge is 0.494 e. The van der Waals surface area contributed by atoms with Gasteiger partial charge in [0.2, 0.25) is 5.91 Å². The topological polar surface area (TPSA) is 67.9 Å². The molecule has 1 N–H and O–H groups in total. The van der Waals surface area contributed by atoms with Gasteiger partial charge in [0.25, 0.3) is 0 Å². The van der Waals surface area contributed by atoms with Crippen LogP contribution in [-0.2, 0) is 16.1 Å². The molecule has 0 unspecified atom stereocenters. The highest BCUT2D eigenvalue weighted by molar-refractivity contribution is 5.77. The predicted molar refractivity (Wildman–Crippen MR) is 92.9 cm³/mol. The van der Waals surface area contributed by atoms with Crippen molar-refractivity contribution in [2.24, 2.45) is 0 Å². The summed E-state index contributed by atoms with van der Waals surface area (Å²) in [5.74, 6) is 0.775. The van der Waals surface area contributed by atoms with E-state index in [0.717, 1.165) is 11.3 Å². The van der Waals surface area contributed by atoms with Crippen LogP contribution in [0.25, 0.3) is 0 Å². The van der Waals surface area contributed by atoms with Gasteiger partial charge in [-0.05, 0) is 45.4 Å². The number of ether oxygens (including phenoxy) is 2. The molecule has 0 aromatic heterocycles. The second-order valence-corrected chi connectivity index (χ2v) is 6.51. The van der Waals surface area contributed by atoms with Crippen LogP contribution in [0.15, 0.2) is 24.3 Å². The van der Waals surface area contributed by atoms with Gasteiger partial charge in [-0.1, -0.05) is 12.1 Å². The molecule has 0 spiro atoms. The van der Waals surface area contributed by atoms with Gasteiger partial charge in [-0.2, -0.15) is 0 Å². The highest BCUT2D eigenvalue weighted by atomic mass is 16.6. The third kappa shape index (κ3) is 7.85. The molecule has 2 amide bonds. The summed E-state index contributed by atoms with van der Waals surface area (Å²) in [4.78, 5) is 25.2. The number of hydrogen-bond donors (Lipinski definition) is 1. The van der Waals surface area contributed by atoms with Crippen LogP contribution in [-0.4, -0.2) is 42.7 Å². The molecular formula is C18H28N2O4. The number of benzene rings is 1. The Morgan fingerprint density at radius 1 is 1.17 bits per heavy atom. The van der Waals surface area contributed by atoms with E-state index in [2.05, 4.69) is 5.32 Å². The van der Waals surface area contributed by atoms with E-state index in [1.807, 2.05) is 31.2 Å². The van der Waals surface area contributed by atoms with Crippen LogP contribution in [0.5, 0.6) is 5.75 Å². The number of rotatable bonds is 7. The summed E-state index contributed by atoms with van der Waals surface area (Å²) in [5, 5.41) is 2.59. The van der Waals surface area contributed by atoms with Crippen LogP contribution in [0.4, 0.5) is 4.79 Å². The molecular weight excluding hydrogens is 308 g/mol. The summed E-state index contributed by atoms with van der Waals surface area (Å²) in [5.41, 5.74) is 0.479. The van der Waals surface area contributed by atoms with Crippen molar-refractivity contribution in [1.29, 1.82) is 0 Å². The summed E-state index contributed by atoms with van der Waals surface area (Å²) in [6.45, 7) is 8.71. The summed E-state index contributed by atoms with van der Waals surface area (Å²) in [6, 6.07) is 7.66. The summed E-state index contributed by atoms with van der Waals surface area (Å²) < 4.78 is 10.5. The van der Waals surface area contributed by atoms with Gasteiger partial charge in [0.05, 0.1) is 6.61 Å². The van der Waals surface area contributed by atoms with Gasteiger partial charge in [-0.15, -0.1) is 0 Å². The molecule has 0 aliphatic rings. The third-order valence-corrected chi connectivity index (χ3v) is 3.09. The zero-order chi connectivity index (χ0) is 18.2. The zero-order valence-electron chi connectivity index (χ0n) is 15.2. The molecule has 134 valence electrons. The van der Waals surface area contributed by atoms with Gasteiger partial charge in [0.15, 0.2) is 0 Å². The van der Waals surface area contributed by atoms with Gasteiger partial charge < -0.3 is 19.7 Å². The summed E-state index contributed by atoms with van der Waals surface area (Å²) in [6.07, 6.45) is -0.281. The smallest absolute Gasteiger partial charge is 0.407 e. The quantitative estimate of drug-likeness (QED) is 0.831. The van der Waals surface area contributed by atoms with Crippen LogP contribution in [0.2, 0.25) is 0 Å². The minimum Gasteiger partial charge on any atom is -0.494 e. The molecule has 0 aliphatic heterocycles. The first-order chi connectivity index (χ1) is 11.2. The van der Waals surface area contributed by atoms with Crippen molar-refractivity contribution >= 4 is 12.0 Å². The molecule has 6 nitrogen and oxygen atoms in total. The Balaban J connectivity index is 2.35. The molecule has 1 aromatic carbocycles. The van der Waals surface area contributed by atoms with E-state index in [4.69, 9.17) is 9.47 Å². The molecule has 24 heavy (non-hydrogen) atoms. The molecule has 0 bridgehead atoms. The first-order valence-electron chi connectivity index (χ1n) is 8.14. The number of nitrogens with zero attached hydrogens (tertiary/aromatic N) is 1. The normalized spacial score (nSPS) is 10.9. The van der Waals surface area contributed by atoms with Crippen molar-refractivity contribution in [1.82, 2.24) is 10.2 Å². The van der Waals surface area contributed by atoms with Crippen LogP contribution < -0.4 is 10.1 Å². The predicted octanol–water partition coefficient (Wildman–Crippen LogP) is 2.96. The van der Waals surface area contributed by atoms with Gasteiger partial charge in [-0.25, -0.2) is 4.79 Å². The fraction of sp³-hybridized carbons (Fsp3) is 0.556. The second kappa shape index (κ2) is 9.15. The Hall–Kier alpha value is -2.24. The molecule has 0 saturated carbocycles. The maximum absolute atomic E-state index is 12.1. The average Bonchev–Trinajstić information content (AvgIpc) is 2.47. The number of nitrogens with one attached hydrogen (secondary N) is 1. The fourth-order valence-electron chi connectivity index (χ4n) is 2.00. The maximum Gasteiger partial charge on any atom is 0.407 e. The lowest BCUT2D eigenvalue weighted by molar-refractivity contribution is -0.130. The van der Waals surface area contributed by atoms with E-state index >= 15 is 0 Å². The van der Waals surface area contributed by atoms with Crippen molar-refractivity contribution in [2.75, 3.05) is 20.2 Å². The third-order valence-electron chi connectivity index (χ3n) is 3.09. The first-order valence-corrected chi connectivity index (χ1v) is 8.14. The van der Waals surface area contributed by atoms with Gasteiger partial charge in [-0.3, -0.25) is 4.79 Å². The SMILES string of the molecule is CCOc1ccc(CN(C)C(=O)CCNC(=O)OC(C)(C)C)cc1. The second-order valence-electron chi connectivity index (χ2n) is 6.51. The molecule has 0 fully saturated rings. The Bertz CT molecular complexity index is 535. The standard InChI is InChI=1S/C18H28N2O4/c1-6-23-15-9-7-14(8-10-15)13-20(5)16(21)11-12-19-17(22)24-18(2,3)4/h7-10H,6,11-13H2,1-5H3,(H,19,22). The highest BCUT2D eigenvalue weighted by Gasteiger charge is 2.16. The number of carbonyl (C=O) groups excluding carboxylic acids is 2. The molecule has 0 radical (unpaired) electrons. The number of amides is 2. The Morgan fingerprint density at radius 2 is 1.79 bits per heavy atom. The Labute approximate surface area is 144 Å². The lowest BCUT2D eigenvalue weighted by Crippen LogP contribution is -2.35. The number of alkyl carbamates (subject to hydrolysis) is 1. The van der Waals surface area contributed by atoms with Crippen molar-refractivity contribution in [3.05, 3.63) is 29.8 Å².